The zero-order chi connectivity index (χ0) is 14.4. The highest BCUT2D eigenvalue weighted by Crippen LogP contribution is 2.29. The maximum atomic E-state index is 12.3. The minimum atomic E-state index is -0.138. The molecule has 0 aromatic carbocycles. The second kappa shape index (κ2) is 7.96. The number of amides is 1. The summed E-state index contributed by atoms with van der Waals surface area (Å²) >= 11 is 0. The van der Waals surface area contributed by atoms with E-state index in [9.17, 15) is 4.79 Å². The van der Waals surface area contributed by atoms with Gasteiger partial charge in [0.25, 0.3) is 0 Å². The van der Waals surface area contributed by atoms with Gasteiger partial charge in [-0.05, 0) is 32.2 Å². The minimum Gasteiger partial charge on any atom is -0.378 e. The molecule has 1 saturated heterocycles. The lowest BCUT2D eigenvalue weighted by Gasteiger charge is -2.42. The molecule has 1 saturated carbocycles. The van der Waals surface area contributed by atoms with Crippen molar-refractivity contribution in [1.82, 2.24) is 10.2 Å². The summed E-state index contributed by atoms with van der Waals surface area (Å²) in [6, 6.07) is 0.305. The van der Waals surface area contributed by atoms with E-state index >= 15 is 0 Å². The van der Waals surface area contributed by atoms with Crippen molar-refractivity contribution in [2.45, 2.75) is 51.1 Å². The van der Waals surface area contributed by atoms with Crippen LogP contribution in [0.1, 0.15) is 39.0 Å². The quantitative estimate of drug-likeness (QED) is 0.747. The Morgan fingerprint density at radius 1 is 1.35 bits per heavy atom. The van der Waals surface area contributed by atoms with Crippen LogP contribution in [0.4, 0.5) is 0 Å². The Bertz CT molecular complexity index is 311. The van der Waals surface area contributed by atoms with Gasteiger partial charge in [0.2, 0.25) is 5.91 Å². The first-order chi connectivity index (χ1) is 9.77. The van der Waals surface area contributed by atoms with Crippen LogP contribution in [0.3, 0.4) is 0 Å². The van der Waals surface area contributed by atoms with E-state index in [1.165, 1.54) is 25.7 Å². The zero-order valence-corrected chi connectivity index (χ0v) is 12.6. The van der Waals surface area contributed by atoms with E-state index in [2.05, 4.69) is 10.2 Å². The van der Waals surface area contributed by atoms with Gasteiger partial charge in [-0.2, -0.15) is 0 Å². The number of hydrogen-bond donors (Lipinski definition) is 2. The van der Waals surface area contributed by atoms with Gasteiger partial charge in [0.05, 0.1) is 13.2 Å². The molecular weight excluding hydrogens is 254 g/mol. The average molecular weight is 283 g/mol. The van der Waals surface area contributed by atoms with E-state index in [0.29, 0.717) is 25.1 Å². The SMILES string of the molecule is CCNC(=O)C1COCCN1C1CCCCCC1CN. The lowest BCUT2D eigenvalue weighted by molar-refractivity contribution is -0.135. The van der Waals surface area contributed by atoms with Crippen LogP contribution in [0.15, 0.2) is 0 Å². The molecule has 3 unspecified atom stereocenters. The molecule has 1 amide bonds. The van der Waals surface area contributed by atoms with Crippen LogP contribution < -0.4 is 11.1 Å². The summed E-state index contributed by atoms with van der Waals surface area (Å²) in [5.41, 5.74) is 5.99. The molecule has 5 nitrogen and oxygen atoms in total. The molecule has 0 aromatic rings. The van der Waals surface area contributed by atoms with Crippen LogP contribution >= 0.6 is 0 Å². The summed E-state index contributed by atoms with van der Waals surface area (Å²) in [6.07, 6.45) is 6.18. The van der Waals surface area contributed by atoms with Crippen molar-refractivity contribution in [3.05, 3.63) is 0 Å². The Labute approximate surface area is 122 Å². The highest BCUT2D eigenvalue weighted by Gasteiger charge is 2.37. The number of nitrogens with zero attached hydrogens (tertiary/aromatic N) is 1. The summed E-state index contributed by atoms with van der Waals surface area (Å²) in [7, 11) is 0. The van der Waals surface area contributed by atoms with Crippen LogP contribution in [0.5, 0.6) is 0 Å². The van der Waals surface area contributed by atoms with Gasteiger partial charge in [0, 0.05) is 19.1 Å². The molecule has 0 radical (unpaired) electrons. The lowest BCUT2D eigenvalue weighted by Crippen LogP contribution is -2.59. The summed E-state index contributed by atoms with van der Waals surface area (Å²) in [6.45, 7) is 5.45. The first-order valence-corrected chi connectivity index (χ1v) is 8.09. The minimum absolute atomic E-state index is 0.104. The van der Waals surface area contributed by atoms with Crippen LogP contribution in [-0.2, 0) is 9.53 Å². The second-order valence-corrected chi connectivity index (χ2v) is 5.92. The molecule has 0 aromatic heterocycles. The fourth-order valence-corrected chi connectivity index (χ4v) is 3.61. The van der Waals surface area contributed by atoms with Crippen LogP contribution in [0.2, 0.25) is 0 Å². The van der Waals surface area contributed by atoms with Gasteiger partial charge in [-0.3, -0.25) is 9.69 Å². The van der Waals surface area contributed by atoms with Gasteiger partial charge in [0.1, 0.15) is 6.04 Å². The van der Waals surface area contributed by atoms with Gasteiger partial charge in [-0.15, -0.1) is 0 Å². The van der Waals surface area contributed by atoms with E-state index in [-0.39, 0.29) is 11.9 Å². The van der Waals surface area contributed by atoms with E-state index in [4.69, 9.17) is 10.5 Å². The number of morpholine rings is 1. The number of nitrogens with one attached hydrogen (secondary N) is 1. The van der Waals surface area contributed by atoms with E-state index in [1.807, 2.05) is 6.92 Å². The number of likely N-dealkylation sites (N-methyl/N-ethyl adjacent to an activating group) is 1. The molecular formula is C15H29N3O2. The highest BCUT2D eigenvalue weighted by atomic mass is 16.5. The largest absolute Gasteiger partial charge is 0.378 e. The Morgan fingerprint density at radius 2 is 2.15 bits per heavy atom. The molecule has 2 rings (SSSR count). The third kappa shape index (κ3) is 3.71. The number of carbonyl (C=O) groups excluding carboxylic acids is 1. The standard InChI is InChI=1S/C15H29N3O2/c1-2-17-15(19)14-11-20-9-8-18(14)13-7-5-3-4-6-12(13)10-16/h12-14H,2-11,16H2,1H3,(H,17,19). The maximum absolute atomic E-state index is 12.3. The van der Waals surface area contributed by atoms with Crippen molar-refractivity contribution in [2.75, 3.05) is 32.8 Å². The van der Waals surface area contributed by atoms with E-state index in [0.717, 1.165) is 26.1 Å². The van der Waals surface area contributed by atoms with Gasteiger partial charge in [-0.25, -0.2) is 0 Å². The number of ether oxygens (including phenoxy) is 1. The first-order valence-electron chi connectivity index (χ1n) is 8.09. The molecule has 0 spiro atoms. The molecule has 116 valence electrons. The normalized spacial score (nSPS) is 32.6. The maximum Gasteiger partial charge on any atom is 0.239 e. The molecule has 3 N–H and O–H groups in total. The Balaban J connectivity index is 2.10. The van der Waals surface area contributed by atoms with Crippen LogP contribution in [0.25, 0.3) is 0 Å². The Morgan fingerprint density at radius 3 is 2.90 bits per heavy atom. The van der Waals surface area contributed by atoms with Crippen LogP contribution in [0, 0.1) is 5.92 Å². The van der Waals surface area contributed by atoms with Gasteiger partial charge in [0.15, 0.2) is 0 Å². The monoisotopic (exact) mass is 283 g/mol. The van der Waals surface area contributed by atoms with Gasteiger partial charge < -0.3 is 15.8 Å². The highest BCUT2D eigenvalue weighted by molar-refractivity contribution is 5.82. The fraction of sp³-hybridized carbons (Fsp3) is 0.933. The predicted octanol–water partition coefficient (Wildman–Crippen LogP) is 0.731. The summed E-state index contributed by atoms with van der Waals surface area (Å²) < 4.78 is 5.54. The van der Waals surface area contributed by atoms with Crippen molar-refractivity contribution < 1.29 is 9.53 Å². The third-order valence-corrected chi connectivity index (χ3v) is 4.67. The second-order valence-electron chi connectivity index (χ2n) is 5.92. The molecule has 1 aliphatic heterocycles. The molecule has 3 atom stereocenters. The van der Waals surface area contributed by atoms with Crippen molar-refractivity contribution in [1.29, 1.82) is 0 Å². The number of nitrogens with two attached hydrogens (primary N) is 1. The smallest absolute Gasteiger partial charge is 0.239 e. The Kier molecular flexibility index (Phi) is 6.26. The first kappa shape index (κ1) is 15.7. The van der Waals surface area contributed by atoms with Crippen molar-refractivity contribution >= 4 is 5.91 Å². The molecule has 2 fully saturated rings. The zero-order valence-electron chi connectivity index (χ0n) is 12.6. The molecule has 20 heavy (non-hydrogen) atoms. The number of hydrogen-bond acceptors (Lipinski definition) is 4. The summed E-state index contributed by atoms with van der Waals surface area (Å²) in [4.78, 5) is 14.6. The molecule has 1 aliphatic carbocycles. The Hall–Kier alpha value is -0.650. The van der Waals surface area contributed by atoms with Crippen molar-refractivity contribution in [3.8, 4) is 0 Å². The van der Waals surface area contributed by atoms with Gasteiger partial charge in [-0.1, -0.05) is 19.3 Å². The molecule has 5 heteroatoms. The van der Waals surface area contributed by atoms with Gasteiger partial charge >= 0.3 is 0 Å². The lowest BCUT2D eigenvalue weighted by atomic mass is 9.91. The molecule has 0 bridgehead atoms. The predicted molar refractivity (Wildman–Crippen MR) is 79.4 cm³/mol. The van der Waals surface area contributed by atoms with E-state index < -0.39 is 0 Å². The summed E-state index contributed by atoms with van der Waals surface area (Å²) in [5, 5.41) is 2.94. The van der Waals surface area contributed by atoms with E-state index in [1.54, 1.807) is 0 Å². The number of carbonyl (C=O) groups is 1. The van der Waals surface area contributed by atoms with Crippen molar-refractivity contribution in [3.63, 3.8) is 0 Å². The van der Waals surface area contributed by atoms with Crippen molar-refractivity contribution in [2.24, 2.45) is 11.7 Å². The molecule has 1 heterocycles. The third-order valence-electron chi connectivity index (χ3n) is 4.67. The summed E-state index contributed by atoms with van der Waals surface area (Å²) in [5.74, 6) is 0.625. The van der Waals surface area contributed by atoms with Crippen LogP contribution in [-0.4, -0.2) is 55.7 Å². The number of rotatable bonds is 4. The molecule has 2 aliphatic rings. The average Bonchev–Trinajstić information content (AvgIpc) is 2.72. The topological polar surface area (TPSA) is 67.6 Å². The fourth-order valence-electron chi connectivity index (χ4n) is 3.61.